The first-order chi connectivity index (χ1) is 10.3. The van der Waals surface area contributed by atoms with Gasteiger partial charge in [-0.3, -0.25) is 4.98 Å². The topological polar surface area (TPSA) is 34.1 Å². The van der Waals surface area contributed by atoms with E-state index in [1.807, 2.05) is 24.4 Å². The summed E-state index contributed by atoms with van der Waals surface area (Å²) in [5, 5.41) is 3.62. The quantitative estimate of drug-likeness (QED) is 0.883. The molecule has 0 unspecified atom stereocenters. The van der Waals surface area contributed by atoms with Gasteiger partial charge in [0.05, 0.1) is 7.11 Å². The van der Waals surface area contributed by atoms with Crippen LogP contribution in [-0.4, -0.2) is 24.7 Å². The second-order valence-corrected chi connectivity index (χ2v) is 5.67. The first-order valence-corrected chi connectivity index (χ1v) is 7.62. The third-order valence-corrected chi connectivity index (χ3v) is 4.24. The van der Waals surface area contributed by atoms with Gasteiger partial charge < -0.3 is 10.1 Å². The summed E-state index contributed by atoms with van der Waals surface area (Å²) < 4.78 is 5.29. The molecule has 1 saturated carbocycles. The van der Waals surface area contributed by atoms with Crippen LogP contribution < -0.4 is 10.1 Å². The van der Waals surface area contributed by atoms with Crippen LogP contribution in [0.25, 0.3) is 0 Å². The van der Waals surface area contributed by atoms with E-state index in [1.54, 1.807) is 7.11 Å². The number of nitrogens with zero attached hydrogens (tertiary/aromatic N) is 1. The number of hydrogen-bond acceptors (Lipinski definition) is 3. The van der Waals surface area contributed by atoms with E-state index in [9.17, 15) is 0 Å². The van der Waals surface area contributed by atoms with Crippen molar-refractivity contribution in [3.63, 3.8) is 0 Å². The average molecular weight is 282 g/mol. The SMILES string of the molecule is COc1cccc(C2CC(NCCc3ccccn3)C2)c1. The molecule has 0 atom stereocenters. The Morgan fingerprint density at radius 2 is 2.10 bits per heavy atom. The molecule has 1 aromatic carbocycles. The smallest absolute Gasteiger partial charge is 0.119 e. The number of pyridine rings is 1. The van der Waals surface area contributed by atoms with Crippen LogP contribution in [0.4, 0.5) is 0 Å². The van der Waals surface area contributed by atoms with E-state index in [1.165, 1.54) is 18.4 Å². The first-order valence-electron chi connectivity index (χ1n) is 7.62. The molecule has 0 amide bonds. The zero-order chi connectivity index (χ0) is 14.5. The van der Waals surface area contributed by atoms with E-state index < -0.39 is 0 Å². The van der Waals surface area contributed by atoms with Crippen molar-refractivity contribution in [3.8, 4) is 5.75 Å². The molecule has 0 spiro atoms. The van der Waals surface area contributed by atoms with Crippen LogP contribution >= 0.6 is 0 Å². The Morgan fingerprint density at radius 1 is 1.19 bits per heavy atom. The maximum absolute atomic E-state index is 5.29. The number of benzene rings is 1. The number of hydrogen-bond donors (Lipinski definition) is 1. The fraction of sp³-hybridized carbons (Fsp3) is 0.389. The Bertz CT molecular complexity index is 564. The van der Waals surface area contributed by atoms with Crippen molar-refractivity contribution < 1.29 is 4.74 Å². The van der Waals surface area contributed by atoms with E-state index in [2.05, 4.69) is 34.6 Å². The van der Waals surface area contributed by atoms with Gasteiger partial charge in [0, 0.05) is 30.9 Å². The maximum atomic E-state index is 5.29. The minimum absolute atomic E-state index is 0.643. The summed E-state index contributed by atoms with van der Waals surface area (Å²) >= 11 is 0. The zero-order valence-electron chi connectivity index (χ0n) is 12.5. The molecule has 1 aliphatic carbocycles. The van der Waals surface area contributed by atoms with Crippen molar-refractivity contribution in [2.75, 3.05) is 13.7 Å². The van der Waals surface area contributed by atoms with E-state index in [0.29, 0.717) is 12.0 Å². The highest BCUT2D eigenvalue weighted by Gasteiger charge is 2.29. The molecule has 0 saturated heterocycles. The predicted molar refractivity (Wildman–Crippen MR) is 84.7 cm³/mol. The van der Waals surface area contributed by atoms with Gasteiger partial charge in [-0.05, 0) is 48.6 Å². The van der Waals surface area contributed by atoms with Crippen LogP contribution in [0, 0.1) is 0 Å². The summed E-state index contributed by atoms with van der Waals surface area (Å²) in [5.74, 6) is 1.63. The fourth-order valence-corrected chi connectivity index (χ4v) is 2.90. The largest absolute Gasteiger partial charge is 0.497 e. The summed E-state index contributed by atoms with van der Waals surface area (Å²) in [7, 11) is 1.72. The lowest BCUT2D eigenvalue weighted by Crippen LogP contribution is -2.41. The van der Waals surface area contributed by atoms with Gasteiger partial charge in [-0.1, -0.05) is 18.2 Å². The number of aromatic nitrogens is 1. The van der Waals surface area contributed by atoms with Gasteiger partial charge in [0.2, 0.25) is 0 Å². The Labute approximate surface area is 126 Å². The van der Waals surface area contributed by atoms with E-state index in [-0.39, 0.29) is 0 Å². The molecule has 0 bridgehead atoms. The zero-order valence-corrected chi connectivity index (χ0v) is 12.5. The van der Waals surface area contributed by atoms with Gasteiger partial charge in [0.1, 0.15) is 5.75 Å². The minimum atomic E-state index is 0.643. The van der Waals surface area contributed by atoms with Gasteiger partial charge in [-0.25, -0.2) is 0 Å². The highest BCUT2D eigenvalue weighted by molar-refractivity contribution is 5.32. The average Bonchev–Trinajstić information content (AvgIpc) is 2.50. The van der Waals surface area contributed by atoms with Crippen molar-refractivity contribution in [3.05, 3.63) is 59.9 Å². The molecule has 110 valence electrons. The van der Waals surface area contributed by atoms with Crippen molar-refractivity contribution in [1.29, 1.82) is 0 Å². The molecule has 0 radical (unpaired) electrons. The Morgan fingerprint density at radius 3 is 2.86 bits per heavy atom. The number of methoxy groups -OCH3 is 1. The molecule has 1 heterocycles. The van der Waals surface area contributed by atoms with Crippen molar-refractivity contribution in [2.24, 2.45) is 0 Å². The lowest BCUT2D eigenvalue weighted by atomic mass is 9.76. The van der Waals surface area contributed by atoms with Crippen molar-refractivity contribution in [1.82, 2.24) is 10.3 Å². The van der Waals surface area contributed by atoms with Gasteiger partial charge in [0.25, 0.3) is 0 Å². The molecule has 3 nitrogen and oxygen atoms in total. The number of nitrogens with one attached hydrogen (secondary N) is 1. The molecule has 2 aromatic rings. The standard InChI is InChI=1S/C18H22N2O/c1-21-18-7-4-5-14(13-18)15-11-17(12-15)20-10-8-16-6-2-3-9-19-16/h2-7,9,13,15,17,20H,8,10-12H2,1H3. The van der Waals surface area contributed by atoms with Crippen LogP contribution in [0.5, 0.6) is 5.75 Å². The van der Waals surface area contributed by atoms with Crippen LogP contribution in [-0.2, 0) is 6.42 Å². The molecule has 1 N–H and O–H groups in total. The third kappa shape index (κ3) is 3.61. The second-order valence-electron chi connectivity index (χ2n) is 5.67. The molecule has 3 heteroatoms. The molecular formula is C18H22N2O. The highest BCUT2D eigenvalue weighted by atomic mass is 16.5. The van der Waals surface area contributed by atoms with Gasteiger partial charge in [-0.15, -0.1) is 0 Å². The number of rotatable bonds is 6. The van der Waals surface area contributed by atoms with Gasteiger partial charge in [-0.2, -0.15) is 0 Å². The minimum Gasteiger partial charge on any atom is -0.497 e. The van der Waals surface area contributed by atoms with E-state index >= 15 is 0 Å². The summed E-state index contributed by atoms with van der Waals surface area (Å²) in [5.41, 5.74) is 2.56. The Kier molecular flexibility index (Phi) is 4.51. The normalized spacial score (nSPS) is 20.8. The summed E-state index contributed by atoms with van der Waals surface area (Å²) in [6.07, 6.45) is 5.30. The molecule has 21 heavy (non-hydrogen) atoms. The molecule has 1 aromatic heterocycles. The molecule has 1 aliphatic rings. The lowest BCUT2D eigenvalue weighted by molar-refractivity contribution is 0.291. The molecule has 3 rings (SSSR count). The summed E-state index contributed by atoms with van der Waals surface area (Å²) in [6, 6.07) is 15.2. The Hall–Kier alpha value is -1.87. The fourth-order valence-electron chi connectivity index (χ4n) is 2.90. The highest BCUT2D eigenvalue weighted by Crippen LogP contribution is 2.37. The predicted octanol–water partition coefficient (Wildman–Crippen LogP) is 3.17. The van der Waals surface area contributed by atoms with Crippen LogP contribution in [0.3, 0.4) is 0 Å². The first kappa shape index (κ1) is 14.1. The summed E-state index contributed by atoms with van der Waals surface area (Å²) in [4.78, 5) is 4.35. The molecule has 0 aliphatic heterocycles. The van der Waals surface area contributed by atoms with E-state index in [4.69, 9.17) is 4.74 Å². The van der Waals surface area contributed by atoms with E-state index in [0.717, 1.165) is 24.4 Å². The third-order valence-electron chi connectivity index (χ3n) is 4.24. The molecule has 1 fully saturated rings. The summed E-state index contributed by atoms with van der Waals surface area (Å²) in [6.45, 7) is 1.01. The Balaban J connectivity index is 1.41. The lowest BCUT2D eigenvalue weighted by Gasteiger charge is -2.36. The van der Waals surface area contributed by atoms with Crippen molar-refractivity contribution in [2.45, 2.75) is 31.2 Å². The maximum Gasteiger partial charge on any atom is 0.119 e. The van der Waals surface area contributed by atoms with Gasteiger partial charge in [0.15, 0.2) is 0 Å². The van der Waals surface area contributed by atoms with Crippen LogP contribution in [0.1, 0.15) is 30.0 Å². The molecular weight excluding hydrogens is 260 g/mol. The monoisotopic (exact) mass is 282 g/mol. The second kappa shape index (κ2) is 6.72. The van der Waals surface area contributed by atoms with Crippen LogP contribution in [0.2, 0.25) is 0 Å². The number of ether oxygens (including phenoxy) is 1. The van der Waals surface area contributed by atoms with Crippen molar-refractivity contribution >= 4 is 0 Å². The van der Waals surface area contributed by atoms with Gasteiger partial charge >= 0.3 is 0 Å². The van der Waals surface area contributed by atoms with Crippen LogP contribution in [0.15, 0.2) is 48.7 Å².